The van der Waals surface area contributed by atoms with E-state index in [1.807, 2.05) is 31.2 Å². The summed E-state index contributed by atoms with van der Waals surface area (Å²) in [5.41, 5.74) is 3.68. The van der Waals surface area contributed by atoms with Crippen molar-refractivity contribution < 1.29 is 9.53 Å². The van der Waals surface area contributed by atoms with Gasteiger partial charge in [-0.05, 0) is 50.1 Å². The molecule has 0 saturated heterocycles. The van der Waals surface area contributed by atoms with Crippen molar-refractivity contribution in [1.82, 2.24) is 35.0 Å². The summed E-state index contributed by atoms with van der Waals surface area (Å²) >= 11 is 0. The van der Waals surface area contributed by atoms with Gasteiger partial charge in [0.1, 0.15) is 22.9 Å². The van der Waals surface area contributed by atoms with E-state index in [0.29, 0.717) is 22.7 Å². The molecule has 164 valence electrons. The largest absolute Gasteiger partial charge is 0.497 e. The number of carbonyl (C=O) groups excluding carboxylic acids is 1. The number of ether oxygens (including phenoxy) is 1. The highest BCUT2D eigenvalue weighted by molar-refractivity contribution is 6.04. The van der Waals surface area contributed by atoms with Crippen molar-refractivity contribution in [2.75, 3.05) is 7.11 Å². The van der Waals surface area contributed by atoms with Crippen LogP contribution >= 0.6 is 0 Å². The molecule has 0 fully saturated rings. The molecule has 0 spiro atoms. The first kappa shape index (κ1) is 20.2. The van der Waals surface area contributed by atoms with E-state index >= 15 is 0 Å². The molecular weight excluding hydrogens is 406 g/mol. The van der Waals surface area contributed by atoms with E-state index in [1.165, 1.54) is 6.42 Å². The minimum Gasteiger partial charge on any atom is -0.497 e. The van der Waals surface area contributed by atoms with Gasteiger partial charge in [-0.15, -0.1) is 0 Å². The number of nitrogens with one attached hydrogen (secondary N) is 2. The first-order chi connectivity index (χ1) is 15.6. The Kier molecular flexibility index (Phi) is 5.30. The summed E-state index contributed by atoms with van der Waals surface area (Å²) < 4.78 is 7.35. The number of benzene rings is 1. The van der Waals surface area contributed by atoms with E-state index in [4.69, 9.17) is 9.72 Å². The molecule has 0 bridgehead atoms. The first-order valence-electron chi connectivity index (χ1n) is 10.8. The van der Waals surface area contributed by atoms with Crippen LogP contribution in [0.15, 0.2) is 30.3 Å². The maximum Gasteiger partial charge on any atom is 0.254 e. The highest BCUT2D eigenvalue weighted by atomic mass is 16.5. The number of aromatic nitrogens is 6. The lowest BCUT2D eigenvalue weighted by atomic mass is 10.2. The number of amides is 1. The van der Waals surface area contributed by atoms with Crippen LogP contribution in [0.25, 0.3) is 22.6 Å². The summed E-state index contributed by atoms with van der Waals surface area (Å²) in [6.45, 7) is 3.04. The van der Waals surface area contributed by atoms with Gasteiger partial charge in [-0.25, -0.2) is 15.0 Å². The topological polar surface area (TPSA) is 111 Å². The lowest BCUT2D eigenvalue weighted by molar-refractivity contribution is 0.0951. The molecule has 0 atom stereocenters. The Labute approximate surface area is 185 Å². The molecule has 3 aromatic heterocycles. The molecule has 4 aromatic rings. The Morgan fingerprint density at radius 3 is 2.81 bits per heavy atom. The van der Waals surface area contributed by atoms with Crippen molar-refractivity contribution in [2.24, 2.45) is 0 Å². The van der Waals surface area contributed by atoms with E-state index in [1.54, 1.807) is 13.2 Å². The zero-order chi connectivity index (χ0) is 22.1. The number of hydrogen-bond acceptors (Lipinski definition) is 6. The zero-order valence-electron chi connectivity index (χ0n) is 18.2. The fourth-order valence-electron chi connectivity index (χ4n) is 4.09. The Bertz CT molecular complexity index is 1270. The van der Waals surface area contributed by atoms with E-state index in [2.05, 4.69) is 30.0 Å². The van der Waals surface area contributed by atoms with Crippen molar-refractivity contribution in [2.45, 2.75) is 45.7 Å². The van der Waals surface area contributed by atoms with Gasteiger partial charge in [-0.3, -0.25) is 9.89 Å². The van der Waals surface area contributed by atoms with Crippen LogP contribution in [-0.4, -0.2) is 42.7 Å². The van der Waals surface area contributed by atoms with Gasteiger partial charge in [0.2, 0.25) is 0 Å². The molecule has 0 unspecified atom stereocenters. The monoisotopic (exact) mass is 431 g/mol. The Morgan fingerprint density at radius 1 is 1.16 bits per heavy atom. The van der Waals surface area contributed by atoms with Crippen molar-refractivity contribution in [1.29, 1.82) is 0 Å². The van der Waals surface area contributed by atoms with E-state index < -0.39 is 0 Å². The number of nitrogens with zero attached hydrogens (tertiary/aromatic N) is 5. The lowest BCUT2D eigenvalue weighted by Crippen LogP contribution is -2.24. The molecular formula is C23H25N7O2. The van der Waals surface area contributed by atoms with Gasteiger partial charge in [0.25, 0.3) is 5.91 Å². The van der Waals surface area contributed by atoms with Crippen LogP contribution in [-0.2, 0) is 19.5 Å². The quantitative estimate of drug-likeness (QED) is 0.502. The van der Waals surface area contributed by atoms with Crippen LogP contribution in [0.5, 0.6) is 5.75 Å². The van der Waals surface area contributed by atoms with Crippen LogP contribution in [0.2, 0.25) is 0 Å². The summed E-state index contributed by atoms with van der Waals surface area (Å²) in [7, 11) is 1.63. The predicted molar refractivity (Wildman–Crippen MR) is 119 cm³/mol. The Morgan fingerprint density at radius 2 is 2.00 bits per heavy atom. The highest BCUT2D eigenvalue weighted by Gasteiger charge is 2.21. The number of pyridine rings is 1. The Hall–Kier alpha value is -3.75. The molecule has 0 aliphatic carbocycles. The average Bonchev–Trinajstić information content (AvgIpc) is 3.34. The van der Waals surface area contributed by atoms with Gasteiger partial charge in [0.15, 0.2) is 11.5 Å². The number of methoxy groups -OCH3 is 1. The molecule has 2 N–H and O–H groups in total. The number of carbonyl (C=O) groups is 1. The second-order valence-corrected chi connectivity index (χ2v) is 7.99. The van der Waals surface area contributed by atoms with Crippen LogP contribution in [0.3, 0.4) is 0 Å². The number of aryl methyl sites for hydroxylation is 3. The average molecular weight is 432 g/mol. The summed E-state index contributed by atoms with van der Waals surface area (Å²) in [5, 5.41) is 10.1. The zero-order valence-corrected chi connectivity index (χ0v) is 18.2. The molecule has 9 nitrogen and oxygen atoms in total. The van der Waals surface area contributed by atoms with Crippen molar-refractivity contribution >= 4 is 17.1 Å². The molecule has 9 heteroatoms. The second kappa shape index (κ2) is 8.41. The van der Waals surface area contributed by atoms with Gasteiger partial charge in [0, 0.05) is 24.2 Å². The summed E-state index contributed by atoms with van der Waals surface area (Å²) in [5.74, 6) is 2.73. The minimum atomic E-state index is -0.198. The first-order valence-corrected chi connectivity index (χ1v) is 10.8. The van der Waals surface area contributed by atoms with Gasteiger partial charge in [-0.1, -0.05) is 6.42 Å². The third-order valence-electron chi connectivity index (χ3n) is 5.73. The van der Waals surface area contributed by atoms with Crippen LogP contribution < -0.4 is 10.1 Å². The van der Waals surface area contributed by atoms with Gasteiger partial charge >= 0.3 is 0 Å². The number of aromatic amines is 1. The fraction of sp³-hybridized carbons (Fsp3) is 0.348. The van der Waals surface area contributed by atoms with Crippen LogP contribution in [0.1, 0.15) is 47.0 Å². The van der Waals surface area contributed by atoms with Gasteiger partial charge in [0.05, 0.1) is 19.2 Å². The maximum atomic E-state index is 13.0. The normalized spacial score (nSPS) is 13.6. The molecule has 1 aliphatic heterocycles. The van der Waals surface area contributed by atoms with Crippen molar-refractivity contribution in [3.05, 3.63) is 53.2 Å². The molecule has 5 rings (SSSR count). The van der Waals surface area contributed by atoms with Crippen molar-refractivity contribution in [3.63, 3.8) is 0 Å². The fourth-order valence-corrected chi connectivity index (χ4v) is 4.09. The smallest absolute Gasteiger partial charge is 0.254 e. The molecule has 0 saturated carbocycles. The molecule has 0 radical (unpaired) electrons. The number of rotatable bonds is 5. The van der Waals surface area contributed by atoms with Crippen LogP contribution in [0, 0.1) is 6.92 Å². The third-order valence-corrected chi connectivity index (χ3v) is 5.73. The predicted octanol–water partition coefficient (Wildman–Crippen LogP) is 3.19. The number of hydrogen-bond donors (Lipinski definition) is 2. The molecule has 1 aromatic carbocycles. The highest BCUT2D eigenvalue weighted by Crippen LogP contribution is 2.24. The van der Waals surface area contributed by atoms with Crippen molar-refractivity contribution in [3.8, 4) is 17.1 Å². The number of fused-ring (bicyclic) bond motifs is 3. The molecule has 1 aliphatic rings. The summed E-state index contributed by atoms with van der Waals surface area (Å²) in [4.78, 5) is 27.0. The molecule has 4 heterocycles. The minimum absolute atomic E-state index is 0.198. The number of H-pyrrole nitrogens is 1. The summed E-state index contributed by atoms with van der Waals surface area (Å²) in [6, 6.07) is 9.30. The molecule has 32 heavy (non-hydrogen) atoms. The van der Waals surface area contributed by atoms with Gasteiger partial charge in [-0.2, -0.15) is 5.10 Å². The van der Waals surface area contributed by atoms with E-state index in [9.17, 15) is 4.79 Å². The second-order valence-electron chi connectivity index (χ2n) is 7.99. The Balaban J connectivity index is 1.35. The third kappa shape index (κ3) is 3.81. The van der Waals surface area contributed by atoms with E-state index in [0.717, 1.165) is 54.3 Å². The summed E-state index contributed by atoms with van der Waals surface area (Å²) in [6.07, 6.45) is 4.34. The SMILES string of the molecule is COc1ccc(-c2n[nH]c(CNC(=O)c3cc(C)nc4c3nc3n4CCCCC3)n2)cc1. The molecule has 1 amide bonds. The lowest BCUT2D eigenvalue weighted by Gasteiger charge is -2.07. The van der Waals surface area contributed by atoms with Crippen LogP contribution in [0.4, 0.5) is 0 Å². The standard InChI is InChI=1S/C23H25N7O2/c1-14-12-17(20-22(25-14)30-11-5-3-4-6-19(30)27-20)23(31)24-13-18-26-21(29-28-18)15-7-9-16(32-2)10-8-15/h7-10,12H,3-6,11,13H2,1-2H3,(H,24,31)(H,26,28,29). The maximum absolute atomic E-state index is 13.0. The number of imidazole rings is 1. The van der Waals surface area contributed by atoms with Gasteiger partial charge < -0.3 is 14.6 Å². The van der Waals surface area contributed by atoms with E-state index in [-0.39, 0.29) is 12.5 Å².